The monoisotopic (exact) mass is 448 g/mol. The molecule has 5 rings (SSSR count). The summed E-state index contributed by atoms with van der Waals surface area (Å²) in [5.74, 6) is -1.10. The Hall–Kier alpha value is -3.65. The molecular formula is C25H22F2N4O2. The predicted octanol–water partition coefficient (Wildman–Crippen LogP) is 4.09. The number of aliphatic hydroxyl groups excluding tert-OH is 1. The maximum atomic E-state index is 14.1. The number of hydrogen-bond acceptors (Lipinski definition) is 4. The van der Waals surface area contributed by atoms with Crippen LogP contribution >= 0.6 is 0 Å². The number of benzene rings is 2. The zero-order valence-electron chi connectivity index (χ0n) is 17.8. The van der Waals surface area contributed by atoms with Crippen molar-refractivity contribution in [3.05, 3.63) is 83.1 Å². The highest BCUT2D eigenvalue weighted by molar-refractivity contribution is 5.97. The molecule has 1 fully saturated rings. The summed E-state index contributed by atoms with van der Waals surface area (Å²) in [6, 6.07) is 12.4. The van der Waals surface area contributed by atoms with Crippen LogP contribution in [-0.4, -0.2) is 50.3 Å². The number of aromatic amines is 1. The van der Waals surface area contributed by atoms with E-state index in [1.165, 1.54) is 6.07 Å². The van der Waals surface area contributed by atoms with Crippen LogP contribution in [0, 0.1) is 11.6 Å². The quantitative estimate of drug-likeness (QED) is 0.493. The van der Waals surface area contributed by atoms with E-state index in [4.69, 9.17) is 0 Å². The van der Waals surface area contributed by atoms with Crippen molar-refractivity contribution >= 4 is 16.9 Å². The molecule has 1 amide bonds. The fourth-order valence-electron chi connectivity index (χ4n) is 4.28. The van der Waals surface area contributed by atoms with Crippen molar-refractivity contribution in [1.82, 2.24) is 20.1 Å². The average Bonchev–Trinajstić information content (AvgIpc) is 3.24. The third-order valence-electron chi connectivity index (χ3n) is 5.94. The second kappa shape index (κ2) is 8.71. The van der Waals surface area contributed by atoms with E-state index < -0.39 is 17.7 Å². The summed E-state index contributed by atoms with van der Waals surface area (Å²) < 4.78 is 27.6. The van der Waals surface area contributed by atoms with Gasteiger partial charge in [-0.15, -0.1) is 0 Å². The number of nitrogens with one attached hydrogen (secondary N) is 1. The highest BCUT2D eigenvalue weighted by Crippen LogP contribution is 2.28. The molecular weight excluding hydrogens is 426 g/mol. The Morgan fingerprint density at radius 3 is 2.91 bits per heavy atom. The molecule has 0 bridgehead atoms. The number of aromatic nitrogens is 3. The van der Waals surface area contributed by atoms with Crippen LogP contribution in [0.1, 0.15) is 34.3 Å². The zero-order chi connectivity index (χ0) is 22.9. The molecule has 0 aliphatic carbocycles. The third-order valence-corrected chi connectivity index (χ3v) is 5.94. The van der Waals surface area contributed by atoms with Gasteiger partial charge < -0.3 is 10.0 Å². The maximum absolute atomic E-state index is 14.1. The maximum Gasteiger partial charge on any atom is 0.253 e. The highest BCUT2D eigenvalue weighted by Gasteiger charge is 2.23. The van der Waals surface area contributed by atoms with Crippen LogP contribution in [0.4, 0.5) is 8.78 Å². The number of likely N-dealkylation sites (tertiary alicyclic amines) is 1. The van der Waals surface area contributed by atoms with Gasteiger partial charge in [-0.2, -0.15) is 5.10 Å². The zero-order valence-corrected chi connectivity index (χ0v) is 17.8. The largest absolute Gasteiger partial charge is 0.391 e. The van der Waals surface area contributed by atoms with Crippen LogP contribution in [0.2, 0.25) is 0 Å². The SMILES string of the molecule is O=C(c1cccc(-c2n[nH]c3ncc(Cc4cc(F)ccc4F)cc23)c1)N1CCC[C@@H](O)C1. The van der Waals surface area contributed by atoms with Gasteiger partial charge in [0.05, 0.1) is 6.10 Å². The molecule has 2 aromatic carbocycles. The molecule has 4 aromatic rings. The minimum atomic E-state index is -0.493. The fourth-order valence-corrected chi connectivity index (χ4v) is 4.28. The number of halogens is 2. The molecule has 0 spiro atoms. The summed E-state index contributed by atoms with van der Waals surface area (Å²) in [5.41, 5.74) is 3.39. The fraction of sp³-hybridized carbons (Fsp3) is 0.240. The topological polar surface area (TPSA) is 82.1 Å². The molecule has 3 heterocycles. The molecule has 0 saturated carbocycles. The van der Waals surface area contributed by atoms with E-state index >= 15 is 0 Å². The van der Waals surface area contributed by atoms with Crippen LogP contribution in [-0.2, 0) is 6.42 Å². The lowest BCUT2D eigenvalue weighted by atomic mass is 10.0. The van der Waals surface area contributed by atoms with Crippen molar-refractivity contribution in [3.63, 3.8) is 0 Å². The van der Waals surface area contributed by atoms with Crippen molar-refractivity contribution in [2.45, 2.75) is 25.4 Å². The molecule has 0 unspecified atom stereocenters. The van der Waals surface area contributed by atoms with Crippen molar-refractivity contribution in [2.24, 2.45) is 0 Å². The summed E-state index contributed by atoms with van der Waals surface area (Å²) >= 11 is 0. The van der Waals surface area contributed by atoms with Crippen molar-refractivity contribution in [1.29, 1.82) is 0 Å². The van der Waals surface area contributed by atoms with Crippen molar-refractivity contribution in [2.75, 3.05) is 13.1 Å². The number of rotatable bonds is 4. The van der Waals surface area contributed by atoms with Gasteiger partial charge in [-0.1, -0.05) is 12.1 Å². The minimum Gasteiger partial charge on any atom is -0.391 e. The first-order valence-corrected chi connectivity index (χ1v) is 10.8. The number of H-pyrrole nitrogens is 1. The molecule has 8 heteroatoms. The van der Waals surface area contributed by atoms with Gasteiger partial charge in [-0.3, -0.25) is 9.89 Å². The standard InChI is InChI=1S/C25H22F2N4O2/c26-19-6-7-22(27)18(12-19)9-15-10-21-23(29-30-24(21)28-13-15)16-3-1-4-17(11-16)25(33)31-8-2-5-20(32)14-31/h1,3-4,6-7,10-13,20,32H,2,5,8-9,14H2,(H,28,29,30)/t20-/m1/s1. The van der Waals surface area contributed by atoms with E-state index in [0.29, 0.717) is 42.0 Å². The molecule has 33 heavy (non-hydrogen) atoms. The van der Waals surface area contributed by atoms with E-state index in [1.807, 2.05) is 12.1 Å². The van der Waals surface area contributed by atoms with E-state index in [1.54, 1.807) is 29.3 Å². The number of pyridine rings is 1. The number of amides is 1. The Morgan fingerprint density at radius 2 is 2.06 bits per heavy atom. The van der Waals surface area contributed by atoms with Gasteiger partial charge in [0, 0.05) is 42.2 Å². The van der Waals surface area contributed by atoms with Crippen LogP contribution in [0.5, 0.6) is 0 Å². The Balaban J connectivity index is 1.46. The number of β-amino-alcohol motifs (C(OH)–C–C–N with tert-alkyl or cyclic N) is 1. The van der Waals surface area contributed by atoms with Gasteiger partial charge in [0.25, 0.3) is 5.91 Å². The first-order chi connectivity index (χ1) is 16.0. The number of hydrogen-bond donors (Lipinski definition) is 2. The first kappa shape index (κ1) is 21.2. The molecule has 2 N–H and O–H groups in total. The van der Waals surface area contributed by atoms with Gasteiger partial charge in [0.2, 0.25) is 0 Å². The first-order valence-electron chi connectivity index (χ1n) is 10.8. The Labute approximate surface area is 188 Å². The highest BCUT2D eigenvalue weighted by atomic mass is 19.1. The lowest BCUT2D eigenvalue weighted by molar-refractivity contribution is 0.0474. The number of aliphatic hydroxyl groups is 1. The van der Waals surface area contributed by atoms with Gasteiger partial charge in [-0.05, 0) is 60.4 Å². The molecule has 168 valence electrons. The van der Waals surface area contributed by atoms with Gasteiger partial charge >= 0.3 is 0 Å². The molecule has 1 atom stereocenters. The summed E-state index contributed by atoms with van der Waals surface area (Å²) in [7, 11) is 0. The summed E-state index contributed by atoms with van der Waals surface area (Å²) in [6.45, 7) is 0.952. The molecule has 1 saturated heterocycles. The van der Waals surface area contributed by atoms with Crippen LogP contribution in [0.3, 0.4) is 0 Å². The number of nitrogens with zero attached hydrogens (tertiary/aromatic N) is 3. The molecule has 1 aliphatic rings. The lowest BCUT2D eigenvalue weighted by Crippen LogP contribution is -2.42. The smallest absolute Gasteiger partial charge is 0.253 e. The van der Waals surface area contributed by atoms with Crippen LogP contribution in [0.15, 0.2) is 54.7 Å². The van der Waals surface area contributed by atoms with Crippen molar-refractivity contribution in [3.8, 4) is 11.3 Å². The number of piperidine rings is 1. The Morgan fingerprint density at radius 1 is 1.18 bits per heavy atom. The molecule has 2 aromatic heterocycles. The van der Waals surface area contributed by atoms with Crippen LogP contribution < -0.4 is 0 Å². The number of fused-ring (bicyclic) bond motifs is 1. The Bertz CT molecular complexity index is 1340. The molecule has 1 aliphatic heterocycles. The normalized spacial score (nSPS) is 16.3. The predicted molar refractivity (Wildman–Crippen MR) is 120 cm³/mol. The summed E-state index contributed by atoms with van der Waals surface area (Å²) in [5, 5.41) is 17.9. The van der Waals surface area contributed by atoms with Gasteiger partial charge in [-0.25, -0.2) is 13.8 Å². The minimum absolute atomic E-state index is 0.129. The van der Waals surface area contributed by atoms with Crippen molar-refractivity contribution < 1.29 is 18.7 Å². The summed E-state index contributed by atoms with van der Waals surface area (Å²) in [6.07, 6.45) is 2.78. The molecule has 6 nitrogen and oxygen atoms in total. The second-order valence-electron chi connectivity index (χ2n) is 8.35. The lowest BCUT2D eigenvalue weighted by Gasteiger charge is -2.30. The Kier molecular flexibility index (Phi) is 5.60. The van der Waals surface area contributed by atoms with Gasteiger partial charge in [0.1, 0.15) is 17.3 Å². The average molecular weight is 448 g/mol. The number of carbonyl (C=O) groups excluding carboxylic acids is 1. The van der Waals surface area contributed by atoms with Gasteiger partial charge in [0.15, 0.2) is 5.65 Å². The van der Waals surface area contributed by atoms with E-state index in [9.17, 15) is 18.7 Å². The summed E-state index contributed by atoms with van der Waals surface area (Å²) in [4.78, 5) is 19.0. The number of carbonyl (C=O) groups is 1. The second-order valence-corrected chi connectivity index (χ2v) is 8.35. The van der Waals surface area contributed by atoms with E-state index in [-0.39, 0.29) is 17.9 Å². The van der Waals surface area contributed by atoms with Crippen LogP contribution in [0.25, 0.3) is 22.3 Å². The van der Waals surface area contributed by atoms with E-state index in [0.717, 1.165) is 29.5 Å². The van der Waals surface area contributed by atoms with E-state index in [2.05, 4.69) is 15.2 Å². The molecule has 0 radical (unpaired) electrons. The third kappa shape index (κ3) is 4.34.